The molecule has 0 atom stereocenters. The largest absolute Gasteiger partial charge is 0.476 e. The maximum atomic E-state index is 14.1. The summed E-state index contributed by atoms with van der Waals surface area (Å²) in [4.78, 5) is 10.8. The second kappa shape index (κ2) is 8.20. The Labute approximate surface area is 148 Å². The van der Waals surface area contributed by atoms with Crippen LogP contribution in [0.15, 0.2) is 54.0 Å². The number of nitrogens with one attached hydrogen (secondary N) is 1. The highest BCUT2D eigenvalue weighted by Gasteiger charge is 2.13. The van der Waals surface area contributed by atoms with Crippen molar-refractivity contribution in [1.82, 2.24) is 5.43 Å². The van der Waals surface area contributed by atoms with E-state index in [4.69, 9.17) is 26.7 Å². The van der Waals surface area contributed by atoms with E-state index in [0.29, 0.717) is 11.1 Å². The molecule has 0 radical (unpaired) electrons. The first-order chi connectivity index (χ1) is 12.4. The summed E-state index contributed by atoms with van der Waals surface area (Å²) in [5, 5.41) is 17.5. The molecule has 0 aliphatic rings. The lowest BCUT2D eigenvalue weighted by molar-refractivity contribution is -0.132. The van der Waals surface area contributed by atoms with Crippen molar-refractivity contribution >= 4 is 5.97 Å². The molecule has 8 heteroatoms. The van der Waals surface area contributed by atoms with Crippen LogP contribution in [0.1, 0.15) is 16.7 Å². The minimum absolute atomic E-state index is 0.0106. The molecule has 0 saturated carbocycles. The molecule has 2 aromatic carbocycles. The monoisotopic (exact) mass is 352 g/mol. The molecule has 130 valence electrons. The van der Waals surface area contributed by atoms with Crippen molar-refractivity contribution in [3.63, 3.8) is 0 Å². The molecule has 0 spiro atoms. The zero-order chi connectivity index (χ0) is 19.1. The Bertz CT molecular complexity index is 967. The third-order valence-corrected chi connectivity index (χ3v) is 3.12. The summed E-state index contributed by atoms with van der Waals surface area (Å²) in [6.07, 6.45) is 0. The van der Waals surface area contributed by atoms with Crippen LogP contribution in [-0.2, 0) is 4.79 Å². The van der Waals surface area contributed by atoms with Gasteiger partial charge >= 0.3 is 5.97 Å². The van der Waals surface area contributed by atoms with Crippen molar-refractivity contribution in [1.29, 1.82) is 5.26 Å². The highest BCUT2D eigenvalue weighted by Crippen LogP contribution is 2.18. The number of rotatable bonds is 4. The molecule has 2 rings (SSSR count). The van der Waals surface area contributed by atoms with Crippen LogP contribution in [0.2, 0.25) is 0 Å². The van der Waals surface area contributed by atoms with Crippen molar-refractivity contribution in [3.8, 4) is 23.7 Å². The number of halogens is 1. The summed E-state index contributed by atoms with van der Waals surface area (Å²) >= 11 is 0. The molecule has 0 fully saturated rings. The molecule has 7 nitrogen and oxygen atoms in total. The SMILES string of the molecule is N#Cc1ccc(C#Cc2ccc(O/C(NN)=C(/N)C(=O)O)cc2F)cc1. The molecule has 0 bridgehead atoms. The van der Waals surface area contributed by atoms with E-state index < -0.39 is 23.4 Å². The van der Waals surface area contributed by atoms with Gasteiger partial charge < -0.3 is 15.6 Å². The third-order valence-electron chi connectivity index (χ3n) is 3.12. The fourth-order valence-electron chi connectivity index (χ4n) is 1.81. The number of hydrazine groups is 1. The number of benzene rings is 2. The molecule has 0 unspecified atom stereocenters. The van der Waals surface area contributed by atoms with Crippen LogP contribution in [0.25, 0.3) is 0 Å². The van der Waals surface area contributed by atoms with Crippen molar-refractivity contribution < 1.29 is 19.0 Å². The van der Waals surface area contributed by atoms with Gasteiger partial charge in [0.2, 0.25) is 5.88 Å². The normalized spacial score (nSPS) is 10.7. The van der Waals surface area contributed by atoms with Gasteiger partial charge in [-0.05, 0) is 36.4 Å². The fourth-order valence-corrected chi connectivity index (χ4v) is 1.81. The second-order valence-corrected chi connectivity index (χ2v) is 4.88. The van der Waals surface area contributed by atoms with E-state index in [2.05, 4.69) is 11.8 Å². The zero-order valence-electron chi connectivity index (χ0n) is 13.3. The number of carboxylic acid groups (broad SMARTS) is 1. The van der Waals surface area contributed by atoms with Crippen LogP contribution >= 0.6 is 0 Å². The van der Waals surface area contributed by atoms with Crippen LogP contribution in [-0.4, -0.2) is 11.1 Å². The minimum atomic E-state index is -1.44. The highest BCUT2D eigenvalue weighted by molar-refractivity contribution is 5.85. The topological polar surface area (TPSA) is 134 Å². The van der Waals surface area contributed by atoms with Gasteiger partial charge in [0.05, 0.1) is 17.2 Å². The van der Waals surface area contributed by atoms with Crippen LogP contribution in [0, 0.1) is 29.0 Å². The maximum Gasteiger partial charge on any atom is 0.357 e. The number of ether oxygens (including phenoxy) is 1. The van der Waals surface area contributed by atoms with Gasteiger partial charge in [-0.1, -0.05) is 11.8 Å². The number of hydrogen-bond acceptors (Lipinski definition) is 6. The minimum Gasteiger partial charge on any atom is -0.476 e. The molecule has 2 aromatic rings. The summed E-state index contributed by atoms with van der Waals surface area (Å²) in [6.45, 7) is 0. The molecule has 0 aromatic heterocycles. The van der Waals surface area contributed by atoms with Crippen molar-refractivity contribution in [2.24, 2.45) is 11.6 Å². The molecule has 0 saturated heterocycles. The predicted molar refractivity (Wildman–Crippen MR) is 90.3 cm³/mol. The molecule has 0 aliphatic heterocycles. The lowest BCUT2D eigenvalue weighted by atomic mass is 10.1. The first-order valence-electron chi connectivity index (χ1n) is 7.14. The molecule has 26 heavy (non-hydrogen) atoms. The first-order valence-corrected chi connectivity index (χ1v) is 7.14. The Morgan fingerprint density at radius 3 is 2.35 bits per heavy atom. The Morgan fingerprint density at radius 1 is 1.15 bits per heavy atom. The summed E-state index contributed by atoms with van der Waals surface area (Å²) in [6, 6.07) is 12.3. The number of nitriles is 1. The lowest BCUT2D eigenvalue weighted by Gasteiger charge is -2.10. The van der Waals surface area contributed by atoms with Crippen LogP contribution in [0.5, 0.6) is 5.75 Å². The fraction of sp³-hybridized carbons (Fsp3) is 0. The standard InChI is InChI=1S/C18H13FN4O3/c19-15-9-14(26-17(23-22)16(21)18(24)25)8-7-13(15)6-5-11-1-3-12(10-20)4-2-11/h1-4,7-9,23H,21-22H2,(H,24,25)/b17-16+. The Kier molecular flexibility index (Phi) is 5.78. The Hall–Kier alpha value is -4.01. The van der Waals surface area contributed by atoms with Crippen molar-refractivity contribution in [3.05, 3.63) is 76.6 Å². The number of carbonyl (C=O) groups is 1. The van der Waals surface area contributed by atoms with Gasteiger partial charge in [0.15, 0.2) is 5.70 Å². The van der Waals surface area contributed by atoms with Gasteiger partial charge in [0, 0.05) is 11.6 Å². The number of nitrogens with two attached hydrogens (primary N) is 2. The Morgan fingerprint density at radius 2 is 1.81 bits per heavy atom. The average Bonchev–Trinajstić information content (AvgIpc) is 2.65. The number of aliphatic carboxylic acids is 1. The molecule has 0 aliphatic carbocycles. The zero-order valence-corrected chi connectivity index (χ0v) is 13.3. The number of carboxylic acids is 1. The quantitative estimate of drug-likeness (QED) is 0.213. The van der Waals surface area contributed by atoms with Gasteiger partial charge in [-0.25, -0.2) is 15.0 Å². The second-order valence-electron chi connectivity index (χ2n) is 4.88. The van der Waals surface area contributed by atoms with E-state index in [0.717, 1.165) is 6.07 Å². The number of hydrogen-bond donors (Lipinski definition) is 4. The van der Waals surface area contributed by atoms with E-state index in [1.54, 1.807) is 24.3 Å². The van der Waals surface area contributed by atoms with Crippen molar-refractivity contribution in [2.75, 3.05) is 0 Å². The van der Waals surface area contributed by atoms with Crippen molar-refractivity contribution in [2.45, 2.75) is 0 Å². The van der Waals surface area contributed by atoms with Gasteiger partial charge in [-0.3, -0.25) is 5.43 Å². The summed E-state index contributed by atoms with van der Waals surface area (Å²) < 4.78 is 19.3. The van der Waals surface area contributed by atoms with E-state index in [1.807, 2.05) is 11.5 Å². The maximum absolute atomic E-state index is 14.1. The van der Waals surface area contributed by atoms with E-state index in [-0.39, 0.29) is 11.3 Å². The van der Waals surface area contributed by atoms with Gasteiger partial charge in [-0.2, -0.15) is 5.26 Å². The van der Waals surface area contributed by atoms with Gasteiger partial charge in [0.25, 0.3) is 0 Å². The Balaban J connectivity index is 2.22. The molecule has 0 amide bonds. The molecular formula is C18H13FN4O3. The summed E-state index contributed by atoms with van der Waals surface area (Å²) in [5.41, 5.74) is 7.87. The van der Waals surface area contributed by atoms with Gasteiger partial charge in [0.1, 0.15) is 11.6 Å². The highest BCUT2D eigenvalue weighted by atomic mass is 19.1. The van der Waals surface area contributed by atoms with Crippen LogP contribution < -0.4 is 21.7 Å². The third kappa shape index (κ3) is 4.51. The molecule has 6 N–H and O–H groups in total. The summed E-state index contributed by atoms with van der Waals surface area (Å²) in [7, 11) is 0. The average molecular weight is 352 g/mol. The van der Waals surface area contributed by atoms with E-state index in [1.165, 1.54) is 12.1 Å². The lowest BCUT2D eigenvalue weighted by Crippen LogP contribution is -2.31. The van der Waals surface area contributed by atoms with Gasteiger partial charge in [-0.15, -0.1) is 0 Å². The summed E-state index contributed by atoms with van der Waals surface area (Å²) in [5.74, 6) is 8.05. The predicted octanol–water partition coefficient (Wildman–Crippen LogP) is 1.15. The smallest absolute Gasteiger partial charge is 0.357 e. The van der Waals surface area contributed by atoms with E-state index in [9.17, 15) is 9.18 Å². The van der Waals surface area contributed by atoms with E-state index >= 15 is 0 Å². The first kappa shape index (κ1) is 18.3. The molecular weight excluding hydrogens is 339 g/mol. The molecule has 0 heterocycles. The van der Waals surface area contributed by atoms with Crippen LogP contribution in [0.4, 0.5) is 4.39 Å². The van der Waals surface area contributed by atoms with Crippen LogP contribution in [0.3, 0.4) is 0 Å². The number of nitrogens with zero attached hydrogens (tertiary/aromatic N) is 1.